The van der Waals surface area contributed by atoms with Gasteiger partial charge in [0.25, 0.3) is 5.69 Å². The Morgan fingerprint density at radius 3 is 1.86 bits per heavy atom. The molecular weight excluding hydrogens is 460 g/mol. The number of carbonyl (C=O) groups is 4. The van der Waals surface area contributed by atoms with Crippen LogP contribution in [0.4, 0.5) is 5.69 Å². The molecule has 0 radical (unpaired) electrons. The number of non-ortho nitro benzene ring substituents is 1. The molecule has 0 aliphatic heterocycles. The smallest absolute Gasteiger partial charge is 0.331 e. The van der Waals surface area contributed by atoms with E-state index in [2.05, 4.69) is 20.0 Å². The van der Waals surface area contributed by atoms with Crippen molar-refractivity contribution >= 4 is 62.4 Å². The first-order chi connectivity index (χ1) is 16.4. The molecule has 1 aromatic heterocycles. The summed E-state index contributed by atoms with van der Waals surface area (Å²) in [6, 6.07) is 7.22. The molecule has 0 saturated carbocycles. The molecule has 180 valence electrons. The molecule has 3 aromatic rings. The van der Waals surface area contributed by atoms with E-state index in [1.807, 2.05) is 0 Å². The summed E-state index contributed by atoms with van der Waals surface area (Å²) in [7, 11) is 1.63. The van der Waals surface area contributed by atoms with Crippen LogP contribution in [0.1, 0.15) is 48.4 Å². The Labute approximate surface area is 197 Å². The molecule has 0 bridgehead atoms. The lowest BCUT2D eigenvalue weighted by molar-refractivity contribution is -0.383. The minimum atomic E-state index is -0.725. The number of aryl methyl sites for hydroxylation is 1. The molecule has 0 spiro atoms. The molecule has 0 unspecified atom stereocenters. The molecule has 0 aliphatic rings. The van der Waals surface area contributed by atoms with Gasteiger partial charge < -0.3 is 14.2 Å². The molecule has 0 amide bonds. The van der Waals surface area contributed by atoms with Gasteiger partial charge in [0, 0.05) is 54.4 Å². The fourth-order valence-electron chi connectivity index (χ4n) is 3.52. The number of benzene rings is 2. The molecule has 2 aromatic carbocycles. The van der Waals surface area contributed by atoms with E-state index in [0.29, 0.717) is 16.3 Å². The topological polar surface area (TPSA) is 160 Å². The zero-order chi connectivity index (χ0) is 26.0. The Morgan fingerprint density at radius 2 is 1.34 bits per heavy atom. The lowest BCUT2D eigenvalue weighted by atomic mass is 10.0. The number of rotatable bonds is 7. The van der Waals surface area contributed by atoms with Crippen molar-refractivity contribution in [1.82, 2.24) is 4.57 Å². The number of nitro benzene ring substituents is 1. The van der Waals surface area contributed by atoms with Crippen molar-refractivity contribution in [2.75, 3.05) is 0 Å². The van der Waals surface area contributed by atoms with Crippen molar-refractivity contribution in [3.63, 3.8) is 0 Å². The molecule has 1 heterocycles. The van der Waals surface area contributed by atoms with Crippen LogP contribution in [0.3, 0.4) is 0 Å². The maximum Gasteiger partial charge on any atom is 0.331 e. The third-order valence-electron chi connectivity index (χ3n) is 5.07. The average Bonchev–Trinajstić information content (AvgIpc) is 3.10. The van der Waals surface area contributed by atoms with Crippen LogP contribution in [0.15, 0.2) is 40.6 Å². The van der Waals surface area contributed by atoms with Gasteiger partial charge in [0.15, 0.2) is 0 Å². The van der Waals surface area contributed by atoms with Crippen LogP contribution >= 0.6 is 0 Å². The van der Waals surface area contributed by atoms with Crippen LogP contribution < -0.4 is 0 Å². The summed E-state index contributed by atoms with van der Waals surface area (Å²) in [6.07, 6.45) is 0. The number of ketones is 2. The summed E-state index contributed by atoms with van der Waals surface area (Å²) in [5, 5.41) is 19.6. The van der Waals surface area contributed by atoms with Crippen molar-refractivity contribution < 1.29 is 33.8 Å². The Bertz CT molecular complexity index is 1500. The van der Waals surface area contributed by atoms with Gasteiger partial charge in [0.1, 0.15) is 16.9 Å². The lowest BCUT2D eigenvalue weighted by Crippen LogP contribution is -2.12. The lowest BCUT2D eigenvalue weighted by Gasteiger charge is -2.04. The van der Waals surface area contributed by atoms with Crippen molar-refractivity contribution in [3.8, 4) is 0 Å². The van der Waals surface area contributed by atoms with Gasteiger partial charge in [-0.2, -0.15) is 0 Å². The van der Waals surface area contributed by atoms with Gasteiger partial charge in [-0.3, -0.25) is 19.7 Å². The Hall–Kier alpha value is -4.74. The molecule has 12 nitrogen and oxygen atoms in total. The van der Waals surface area contributed by atoms with E-state index < -0.39 is 28.4 Å². The van der Waals surface area contributed by atoms with Gasteiger partial charge in [0.2, 0.25) is 11.6 Å². The minimum Gasteiger partial charge on any atom is -0.338 e. The minimum absolute atomic E-state index is 0.0468. The highest BCUT2D eigenvalue weighted by Gasteiger charge is 2.24. The van der Waals surface area contributed by atoms with Crippen LogP contribution in [0.25, 0.3) is 21.8 Å². The first kappa shape index (κ1) is 24.9. The quantitative estimate of drug-likeness (QED) is 0.163. The predicted octanol–water partition coefficient (Wildman–Crippen LogP) is 3.48. The van der Waals surface area contributed by atoms with Crippen molar-refractivity contribution in [2.45, 2.75) is 27.7 Å². The number of fused-ring (bicyclic) bond motifs is 3. The monoisotopic (exact) mass is 480 g/mol. The molecule has 0 aliphatic carbocycles. The Balaban J connectivity index is 2.24. The SMILES string of the molecule is CC(=O)O/N=C(\C)C(=O)c1ccc2c(c1)c1cc(C(=O)/C(C)=N/OC(C)=O)cc([N+](=O)[O-])c1n2C. The Kier molecular flexibility index (Phi) is 6.85. The zero-order valence-electron chi connectivity index (χ0n) is 19.4. The number of carbonyl (C=O) groups excluding carboxylic acids is 4. The molecule has 0 atom stereocenters. The number of Topliss-reactive ketones (excluding diaryl/α,β-unsaturated/α-hetero) is 2. The van der Waals surface area contributed by atoms with Crippen LogP contribution in [-0.4, -0.2) is 44.4 Å². The average molecular weight is 480 g/mol. The fraction of sp³-hybridized carbons (Fsp3) is 0.217. The summed E-state index contributed by atoms with van der Waals surface area (Å²) in [6.45, 7) is 4.96. The largest absolute Gasteiger partial charge is 0.338 e. The van der Waals surface area contributed by atoms with Gasteiger partial charge in [-0.15, -0.1) is 0 Å². The number of nitro groups is 1. The van der Waals surface area contributed by atoms with Crippen molar-refractivity contribution in [1.29, 1.82) is 0 Å². The van der Waals surface area contributed by atoms with Crippen LogP contribution in [0.5, 0.6) is 0 Å². The first-order valence-electron chi connectivity index (χ1n) is 10.2. The summed E-state index contributed by atoms with van der Waals surface area (Å²) in [4.78, 5) is 67.8. The van der Waals surface area contributed by atoms with Gasteiger partial charge >= 0.3 is 11.9 Å². The molecule has 35 heavy (non-hydrogen) atoms. The van der Waals surface area contributed by atoms with Gasteiger partial charge in [0.05, 0.1) is 4.92 Å². The van der Waals surface area contributed by atoms with E-state index in [1.165, 1.54) is 32.0 Å². The normalized spacial score (nSPS) is 12.0. The number of oxime groups is 2. The Morgan fingerprint density at radius 1 is 0.829 bits per heavy atom. The first-order valence-corrected chi connectivity index (χ1v) is 10.2. The number of hydrogen-bond acceptors (Lipinski definition) is 10. The van der Waals surface area contributed by atoms with Crippen molar-refractivity contribution in [3.05, 3.63) is 51.6 Å². The highest BCUT2D eigenvalue weighted by molar-refractivity contribution is 6.46. The maximum atomic E-state index is 12.8. The summed E-state index contributed by atoms with van der Waals surface area (Å²) in [5.74, 6) is -2.60. The van der Waals surface area contributed by atoms with E-state index >= 15 is 0 Å². The van der Waals surface area contributed by atoms with E-state index in [9.17, 15) is 29.3 Å². The molecule has 12 heteroatoms. The molecule has 0 N–H and O–H groups in total. The molecule has 3 rings (SSSR count). The second-order valence-corrected chi connectivity index (χ2v) is 7.62. The van der Waals surface area contributed by atoms with Crippen LogP contribution in [0.2, 0.25) is 0 Å². The molecule has 0 saturated heterocycles. The maximum absolute atomic E-state index is 12.8. The van der Waals surface area contributed by atoms with E-state index in [1.54, 1.807) is 17.7 Å². The number of aromatic nitrogens is 1. The second kappa shape index (κ2) is 9.63. The van der Waals surface area contributed by atoms with E-state index in [4.69, 9.17) is 0 Å². The van der Waals surface area contributed by atoms with Gasteiger partial charge in [-0.1, -0.05) is 10.3 Å². The summed E-state index contributed by atoms with van der Waals surface area (Å²) < 4.78 is 1.59. The summed E-state index contributed by atoms with van der Waals surface area (Å²) >= 11 is 0. The summed E-state index contributed by atoms with van der Waals surface area (Å²) in [5.41, 5.74) is 0.390. The molecule has 0 fully saturated rings. The van der Waals surface area contributed by atoms with Crippen LogP contribution in [0, 0.1) is 10.1 Å². The van der Waals surface area contributed by atoms with Crippen molar-refractivity contribution in [2.24, 2.45) is 17.4 Å². The standard InChI is InChI=1S/C23H20N4O8/c1-11(24-34-13(3)28)22(30)15-6-7-19-17(8-15)18-9-16(23(31)12(2)25-35-14(4)29)10-20(27(32)33)21(18)26(19)5/h6-10H,1-5H3/b24-11+,25-12+. The van der Waals surface area contributed by atoms with Gasteiger partial charge in [-0.25, -0.2) is 9.59 Å². The fourth-order valence-corrected chi connectivity index (χ4v) is 3.52. The van der Waals surface area contributed by atoms with Crippen LogP contribution in [-0.2, 0) is 26.3 Å². The number of hydrogen-bond donors (Lipinski definition) is 0. The molecular formula is C23H20N4O8. The highest BCUT2D eigenvalue weighted by Crippen LogP contribution is 2.36. The zero-order valence-corrected chi connectivity index (χ0v) is 19.4. The van der Waals surface area contributed by atoms with E-state index in [0.717, 1.165) is 19.9 Å². The third-order valence-corrected chi connectivity index (χ3v) is 5.07. The van der Waals surface area contributed by atoms with Gasteiger partial charge in [-0.05, 0) is 38.1 Å². The van der Waals surface area contributed by atoms with E-state index in [-0.39, 0.29) is 33.8 Å². The predicted molar refractivity (Wildman–Crippen MR) is 125 cm³/mol. The highest BCUT2D eigenvalue weighted by atomic mass is 16.7. The third kappa shape index (κ3) is 4.95. The second-order valence-electron chi connectivity index (χ2n) is 7.62. The number of nitrogens with zero attached hydrogens (tertiary/aromatic N) is 4.